The van der Waals surface area contributed by atoms with Crippen molar-refractivity contribution in [2.45, 2.75) is 96.8 Å². The summed E-state index contributed by atoms with van der Waals surface area (Å²) in [5, 5.41) is 0. The molecule has 0 atom stereocenters. The summed E-state index contributed by atoms with van der Waals surface area (Å²) in [4.78, 5) is 0. The second kappa shape index (κ2) is 18.6. The van der Waals surface area contributed by atoms with Gasteiger partial charge < -0.3 is 4.55 Å². The second-order valence-corrected chi connectivity index (χ2v) is 9.22. The molecule has 0 aromatic heterocycles. The van der Waals surface area contributed by atoms with Crippen LogP contribution < -0.4 is 29.6 Å². The van der Waals surface area contributed by atoms with Gasteiger partial charge in [-0.1, -0.05) is 90.4 Å². The van der Waals surface area contributed by atoms with Crippen LogP contribution in [0.4, 0.5) is 0 Å². The first-order chi connectivity index (χ1) is 10.1. The van der Waals surface area contributed by atoms with E-state index >= 15 is 0 Å². The number of hydrogen-bond donors (Lipinski definition) is 0. The fraction of sp³-hybridized carbons (Fsp3) is 1.00. The predicted octanol–water partition coefficient (Wildman–Crippen LogP) is 2.67. The van der Waals surface area contributed by atoms with E-state index in [0.29, 0.717) is 16.5 Å². The van der Waals surface area contributed by atoms with Crippen LogP contribution in [0.1, 0.15) is 96.8 Å². The molecule has 0 amide bonds. The molecule has 0 rings (SSSR count). The molecule has 0 heterocycles. The molecular formula is C16H33NaO3S2. The van der Waals surface area contributed by atoms with Crippen molar-refractivity contribution in [3.05, 3.63) is 0 Å². The van der Waals surface area contributed by atoms with Crippen molar-refractivity contribution in [3.8, 4) is 0 Å². The van der Waals surface area contributed by atoms with Gasteiger partial charge in [0.2, 0.25) is 0 Å². The summed E-state index contributed by atoms with van der Waals surface area (Å²) < 4.78 is 31.1. The van der Waals surface area contributed by atoms with Crippen molar-refractivity contribution in [1.29, 1.82) is 0 Å². The van der Waals surface area contributed by atoms with Gasteiger partial charge in [0.25, 0.3) is 0 Å². The Morgan fingerprint density at radius 2 is 1.00 bits per heavy atom. The third kappa shape index (κ3) is 23.5. The Morgan fingerprint density at radius 1 is 0.682 bits per heavy atom. The van der Waals surface area contributed by atoms with Gasteiger partial charge in [-0.3, -0.25) is 0 Å². The fourth-order valence-electron chi connectivity index (χ4n) is 2.46. The van der Waals surface area contributed by atoms with Crippen LogP contribution in [0, 0.1) is 0 Å². The molecule has 3 nitrogen and oxygen atoms in total. The van der Waals surface area contributed by atoms with Gasteiger partial charge >= 0.3 is 29.6 Å². The second-order valence-electron chi connectivity index (χ2n) is 5.83. The standard InChI is InChI=1S/C16H34O3S2.Na/c1-2-3-4-5-6-7-8-9-10-11-12-13-14-15-16-20-21(17,18)19;/h2-16H2,1H3,(H,17,18,19);/q;+1/p-1. The molecule has 0 fully saturated rings. The zero-order valence-electron chi connectivity index (χ0n) is 14.6. The first-order valence-electron chi connectivity index (χ1n) is 8.66. The van der Waals surface area contributed by atoms with Crippen LogP contribution in [0.3, 0.4) is 0 Å². The normalized spacial score (nSPS) is 11.4. The first-order valence-corrected chi connectivity index (χ1v) is 11.6. The van der Waals surface area contributed by atoms with Crippen LogP contribution in [0.5, 0.6) is 0 Å². The van der Waals surface area contributed by atoms with Gasteiger partial charge in [0.15, 0.2) is 0 Å². The first kappa shape index (κ1) is 25.5. The van der Waals surface area contributed by atoms with Crippen molar-refractivity contribution in [2.75, 3.05) is 5.75 Å². The molecule has 0 spiro atoms. The largest absolute Gasteiger partial charge is 1.00 e. The summed E-state index contributed by atoms with van der Waals surface area (Å²) in [6, 6.07) is 0. The molecule has 0 aromatic carbocycles. The Kier molecular flexibility index (Phi) is 21.6. The summed E-state index contributed by atoms with van der Waals surface area (Å²) in [5.74, 6) is 0.448. The SMILES string of the molecule is CCCCCCCCCCCCCCCCSS(=O)(=O)[O-].[Na+]. The Bertz CT molecular complexity index is 309. The average Bonchev–Trinajstić information content (AvgIpc) is 2.42. The molecule has 0 saturated carbocycles. The molecule has 0 unspecified atom stereocenters. The van der Waals surface area contributed by atoms with Gasteiger partial charge in [-0.2, -0.15) is 0 Å². The zero-order valence-corrected chi connectivity index (χ0v) is 18.3. The minimum atomic E-state index is -4.08. The molecule has 0 bridgehead atoms. The quantitative estimate of drug-likeness (QED) is 0.184. The van der Waals surface area contributed by atoms with Crippen molar-refractivity contribution < 1.29 is 42.5 Å². The van der Waals surface area contributed by atoms with Crippen LogP contribution in [0.25, 0.3) is 0 Å². The fourth-order valence-corrected chi connectivity index (χ4v) is 3.95. The molecule has 0 aliphatic rings. The maximum Gasteiger partial charge on any atom is 1.00 e. The number of hydrogen-bond acceptors (Lipinski definition) is 4. The smallest absolute Gasteiger partial charge is 0.739 e. The van der Waals surface area contributed by atoms with E-state index in [1.807, 2.05) is 0 Å². The Balaban J connectivity index is 0. The Hall–Kier alpha value is 1.26. The molecular weight excluding hydrogens is 327 g/mol. The van der Waals surface area contributed by atoms with E-state index in [2.05, 4.69) is 6.92 Å². The maximum absolute atomic E-state index is 10.4. The summed E-state index contributed by atoms with van der Waals surface area (Å²) in [5.41, 5.74) is 0. The third-order valence-corrected chi connectivity index (χ3v) is 5.84. The van der Waals surface area contributed by atoms with E-state index in [4.69, 9.17) is 0 Å². The van der Waals surface area contributed by atoms with Crippen LogP contribution >= 0.6 is 10.8 Å². The molecule has 0 saturated heterocycles. The van der Waals surface area contributed by atoms with E-state index in [1.165, 1.54) is 70.6 Å². The van der Waals surface area contributed by atoms with Crippen molar-refractivity contribution in [2.24, 2.45) is 0 Å². The zero-order chi connectivity index (χ0) is 15.8. The van der Waals surface area contributed by atoms with Crippen LogP contribution in [-0.2, 0) is 9.15 Å². The third-order valence-electron chi connectivity index (χ3n) is 3.73. The molecule has 0 aliphatic carbocycles. The molecule has 128 valence electrons. The summed E-state index contributed by atoms with van der Waals surface area (Å²) in [6.45, 7) is 2.25. The predicted molar refractivity (Wildman–Crippen MR) is 92.5 cm³/mol. The van der Waals surface area contributed by atoms with Gasteiger partial charge in [0, 0.05) is 5.75 Å². The van der Waals surface area contributed by atoms with Crippen LogP contribution in [0.2, 0.25) is 0 Å². The van der Waals surface area contributed by atoms with Gasteiger partial charge in [-0.05, 0) is 17.2 Å². The van der Waals surface area contributed by atoms with Gasteiger partial charge in [0.05, 0.1) is 0 Å². The van der Waals surface area contributed by atoms with Crippen molar-refractivity contribution in [3.63, 3.8) is 0 Å². The van der Waals surface area contributed by atoms with Crippen molar-refractivity contribution in [1.82, 2.24) is 0 Å². The molecule has 22 heavy (non-hydrogen) atoms. The molecule has 6 heteroatoms. The average molecular weight is 361 g/mol. The minimum absolute atomic E-state index is 0. The molecule has 0 aliphatic heterocycles. The van der Waals surface area contributed by atoms with E-state index in [-0.39, 0.29) is 29.6 Å². The van der Waals surface area contributed by atoms with Gasteiger partial charge in [0.1, 0.15) is 9.15 Å². The van der Waals surface area contributed by atoms with E-state index in [9.17, 15) is 13.0 Å². The Labute approximate surface area is 164 Å². The van der Waals surface area contributed by atoms with E-state index in [1.54, 1.807) is 0 Å². The van der Waals surface area contributed by atoms with E-state index < -0.39 is 9.15 Å². The van der Waals surface area contributed by atoms with Crippen LogP contribution in [-0.4, -0.2) is 18.7 Å². The summed E-state index contributed by atoms with van der Waals surface area (Å²) in [7, 11) is -3.54. The summed E-state index contributed by atoms with van der Waals surface area (Å²) >= 11 is 0. The number of rotatable bonds is 16. The van der Waals surface area contributed by atoms with Crippen molar-refractivity contribution >= 4 is 19.9 Å². The monoisotopic (exact) mass is 360 g/mol. The Morgan fingerprint density at radius 3 is 1.32 bits per heavy atom. The number of unbranched alkanes of at least 4 members (excludes halogenated alkanes) is 13. The summed E-state index contributed by atoms with van der Waals surface area (Å²) in [6.07, 6.45) is 18.0. The molecule has 0 N–H and O–H groups in total. The van der Waals surface area contributed by atoms with Gasteiger partial charge in [-0.25, -0.2) is 8.42 Å². The molecule has 0 radical (unpaired) electrons. The topological polar surface area (TPSA) is 57.2 Å². The minimum Gasteiger partial charge on any atom is -0.739 e. The molecule has 0 aromatic rings. The van der Waals surface area contributed by atoms with E-state index in [0.717, 1.165) is 19.3 Å². The van der Waals surface area contributed by atoms with Gasteiger partial charge in [-0.15, -0.1) is 0 Å². The maximum atomic E-state index is 10.4. The van der Waals surface area contributed by atoms with Crippen LogP contribution in [0.15, 0.2) is 0 Å².